The minimum Gasteiger partial charge on any atom is -0.377 e. The Bertz CT molecular complexity index is 521. The minimum atomic E-state index is -3.23. The molecule has 0 spiro atoms. The lowest BCUT2D eigenvalue weighted by molar-refractivity contribution is 0.178. The second-order valence-corrected chi connectivity index (χ2v) is 5.91. The van der Waals surface area contributed by atoms with Gasteiger partial charge in [0.15, 0.2) is 5.82 Å². The van der Waals surface area contributed by atoms with Gasteiger partial charge in [-0.2, -0.15) is 0 Å². The molecule has 0 amide bonds. The molecule has 1 heterocycles. The smallest absolute Gasteiger partial charge is 0.213 e. The van der Waals surface area contributed by atoms with E-state index < -0.39 is 10.0 Å². The first-order valence-corrected chi connectivity index (χ1v) is 7.91. The van der Waals surface area contributed by atoms with E-state index in [4.69, 9.17) is 4.74 Å². The van der Waals surface area contributed by atoms with Crippen molar-refractivity contribution in [1.82, 2.24) is 14.7 Å². The largest absolute Gasteiger partial charge is 0.377 e. The molecule has 1 aromatic heterocycles. The normalized spacial score (nSPS) is 11.3. The highest BCUT2D eigenvalue weighted by Crippen LogP contribution is 2.11. The number of sulfonamides is 1. The molecule has 8 nitrogen and oxygen atoms in total. The standard InChI is InChI=1S/C11H21N5O3S/c1-4-14-20(17,18)6-5-13-10-7-9(12-2)15-11(16-10)8-19-3/h7,14H,4-6,8H2,1-3H3,(H2,12,13,15,16). The predicted octanol–water partition coefficient (Wildman–Crippen LogP) is 0.0159. The van der Waals surface area contributed by atoms with E-state index in [1.807, 2.05) is 0 Å². The Kier molecular flexibility index (Phi) is 6.62. The molecule has 0 saturated heterocycles. The Labute approximate surface area is 119 Å². The molecule has 3 N–H and O–H groups in total. The summed E-state index contributed by atoms with van der Waals surface area (Å²) in [5.41, 5.74) is 0. The number of anilines is 2. The molecular weight excluding hydrogens is 282 g/mol. The van der Waals surface area contributed by atoms with E-state index in [0.717, 1.165) is 0 Å². The maximum Gasteiger partial charge on any atom is 0.213 e. The summed E-state index contributed by atoms with van der Waals surface area (Å²) in [6.45, 7) is 2.69. The Balaban J connectivity index is 2.65. The van der Waals surface area contributed by atoms with Crippen LogP contribution in [-0.2, 0) is 21.4 Å². The average Bonchev–Trinajstić information content (AvgIpc) is 2.38. The maximum absolute atomic E-state index is 11.5. The molecule has 0 unspecified atom stereocenters. The lowest BCUT2D eigenvalue weighted by Gasteiger charge is -2.10. The Hall–Kier alpha value is -1.45. The molecule has 0 aliphatic rings. The number of hydrogen-bond acceptors (Lipinski definition) is 7. The Morgan fingerprint density at radius 2 is 2.00 bits per heavy atom. The summed E-state index contributed by atoms with van der Waals surface area (Å²) in [7, 11) is 0.0753. The number of ether oxygens (including phenoxy) is 1. The van der Waals surface area contributed by atoms with Crippen LogP contribution in [0.3, 0.4) is 0 Å². The Morgan fingerprint density at radius 3 is 2.60 bits per heavy atom. The molecule has 114 valence electrons. The van der Waals surface area contributed by atoms with Gasteiger partial charge in [0.05, 0.1) is 5.75 Å². The van der Waals surface area contributed by atoms with Gasteiger partial charge in [-0.15, -0.1) is 0 Å². The summed E-state index contributed by atoms with van der Waals surface area (Å²) in [4.78, 5) is 8.44. The topological polar surface area (TPSA) is 105 Å². The van der Waals surface area contributed by atoms with E-state index in [1.54, 1.807) is 27.1 Å². The predicted molar refractivity (Wildman–Crippen MR) is 78.2 cm³/mol. The molecule has 0 aliphatic heterocycles. The van der Waals surface area contributed by atoms with Crippen molar-refractivity contribution in [1.29, 1.82) is 0 Å². The molecule has 1 rings (SSSR count). The molecule has 0 saturated carbocycles. The quantitative estimate of drug-likeness (QED) is 0.590. The van der Waals surface area contributed by atoms with Crippen molar-refractivity contribution in [3.05, 3.63) is 11.9 Å². The van der Waals surface area contributed by atoms with Gasteiger partial charge in [-0.1, -0.05) is 6.92 Å². The van der Waals surface area contributed by atoms with Crippen LogP contribution in [0.2, 0.25) is 0 Å². The highest BCUT2D eigenvalue weighted by molar-refractivity contribution is 7.89. The number of aromatic nitrogens is 2. The molecule has 0 bridgehead atoms. The van der Waals surface area contributed by atoms with Gasteiger partial charge in [0, 0.05) is 33.3 Å². The van der Waals surface area contributed by atoms with E-state index >= 15 is 0 Å². The summed E-state index contributed by atoms with van der Waals surface area (Å²) in [6.07, 6.45) is 0. The van der Waals surface area contributed by atoms with Gasteiger partial charge in [-0.05, 0) is 0 Å². The van der Waals surface area contributed by atoms with Crippen molar-refractivity contribution in [2.75, 3.05) is 43.6 Å². The third kappa shape index (κ3) is 5.68. The van der Waals surface area contributed by atoms with Crippen LogP contribution in [0.25, 0.3) is 0 Å². The Morgan fingerprint density at radius 1 is 1.30 bits per heavy atom. The monoisotopic (exact) mass is 303 g/mol. The van der Waals surface area contributed by atoms with Crippen LogP contribution in [0.5, 0.6) is 0 Å². The fourth-order valence-corrected chi connectivity index (χ4v) is 2.47. The number of nitrogens with one attached hydrogen (secondary N) is 3. The van der Waals surface area contributed by atoms with Gasteiger partial charge in [-0.3, -0.25) is 0 Å². The van der Waals surface area contributed by atoms with Crippen LogP contribution >= 0.6 is 0 Å². The van der Waals surface area contributed by atoms with Crippen LogP contribution in [-0.4, -0.2) is 51.4 Å². The van der Waals surface area contributed by atoms with Gasteiger partial charge in [0.25, 0.3) is 0 Å². The molecule has 0 atom stereocenters. The van der Waals surface area contributed by atoms with Crippen molar-refractivity contribution < 1.29 is 13.2 Å². The zero-order chi connectivity index (χ0) is 15.0. The number of hydrogen-bond donors (Lipinski definition) is 3. The first-order valence-electron chi connectivity index (χ1n) is 6.26. The van der Waals surface area contributed by atoms with Crippen LogP contribution in [0, 0.1) is 0 Å². The maximum atomic E-state index is 11.5. The van der Waals surface area contributed by atoms with Gasteiger partial charge >= 0.3 is 0 Å². The van der Waals surface area contributed by atoms with Crippen molar-refractivity contribution in [2.24, 2.45) is 0 Å². The second-order valence-electron chi connectivity index (χ2n) is 3.98. The van der Waals surface area contributed by atoms with E-state index in [9.17, 15) is 8.42 Å². The molecule has 20 heavy (non-hydrogen) atoms. The van der Waals surface area contributed by atoms with E-state index in [0.29, 0.717) is 30.6 Å². The number of rotatable bonds is 9. The fraction of sp³-hybridized carbons (Fsp3) is 0.636. The third-order valence-corrected chi connectivity index (χ3v) is 3.81. The highest BCUT2D eigenvalue weighted by Gasteiger charge is 2.09. The number of methoxy groups -OCH3 is 1. The molecule has 0 fully saturated rings. The first kappa shape index (κ1) is 16.6. The van der Waals surface area contributed by atoms with Gasteiger partial charge < -0.3 is 15.4 Å². The molecule has 9 heteroatoms. The average molecular weight is 303 g/mol. The van der Waals surface area contributed by atoms with Gasteiger partial charge in [-0.25, -0.2) is 23.1 Å². The summed E-state index contributed by atoms with van der Waals surface area (Å²) < 4.78 is 30.4. The molecule has 0 aromatic carbocycles. The zero-order valence-electron chi connectivity index (χ0n) is 11.9. The SMILES string of the molecule is CCNS(=O)(=O)CCNc1cc(NC)nc(COC)n1. The lowest BCUT2D eigenvalue weighted by Crippen LogP contribution is -2.29. The molecule has 1 aromatic rings. The van der Waals surface area contributed by atoms with Crippen molar-refractivity contribution in [3.63, 3.8) is 0 Å². The second kappa shape index (κ2) is 7.98. The van der Waals surface area contributed by atoms with E-state index in [-0.39, 0.29) is 12.3 Å². The minimum absolute atomic E-state index is 0.0145. The summed E-state index contributed by atoms with van der Waals surface area (Å²) in [6, 6.07) is 1.71. The number of nitrogens with zero attached hydrogens (tertiary/aromatic N) is 2. The van der Waals surface area contributed by atoms with Crippen LogP contribution in [0.1, 0.15) is 12.7 Å². The molecule has 0 radical (unpaired) electrons. The molecule has 0 aliphatic carbocycles. The van der Waals surface area contributed by atoms with Crippen molar-refractivity contribution in [2.45, 2.75) is 13.5 Å². The van der Waals surface area contributed by atoms with Gasteiger partial charge in [0.1, 0.15) is 18.2 Å². The first-order chi connectivity index (χ1) is 9.50. The van der Waals surface area contributed by atoms with Crippen LogP contribution in [0.4, 0.5) is 11.6 Å². The van der Waals surface area contributed by atoms with Crippen molar-refractivity contribution in [3.8, 4) is 0 Å². The van der Waals surface area contributed by atoms with Gasteiger partial charge in [0.2, 0.25) is 10.0 Å². The summed E-state index contributed by atoms with van der Waals surface area (Å²) in [5.74, 6) is 1.71. The van der Waals surface area contributed by atoms with Crippen LogP contribution in [0.15, 0.2) is 6.07 Å². The third-order valence-electron chi connectivity index (χ3n) is 2.34. The lowest BCUT2D eigenvalue weighted by atomic mass is 10.4. The van der Waals surface area contributed by atoms with E-state index in [2.05, 4.69) is 25.3 Å². The summed E-state index contributed by atoms with van der Waals surface area (Å²) >= 11 is 0. The molecular formula is C11H21N5O3S. The van der Waals surface area contributed by atoms with Crippen LogP contribution < -0.4 is 15.4 Å². The fourth-order valence-electron chi connectivity index (χ4n) is 1.51. The van der Waals surface area contributed by atoms with E-state index in [1.165, 1.54) is 0 Å². The zero-order valence-corrected chi connectivity index (χ0v) is 12.7. The summed E-state index contributed by atoms with van der Waals surface area (Å²) in [5, 5.41) is 5.88. The highest BCUT2D eigenvalue weighted by atomic mass is 32.2. The van der Waals surface area contributed by atoms with Crippen molar-refractivity contribution >= 4 is 21.7 Å².